The summed E-state index contributed by atoms with van der Waals surface area (Å²) < 4.78 is 5.33. The molecule has 3 rings (SSSR count). The van der Waals surface area contributed by atoms with Crippen LogP contribution in [0.15, 0.2) is 60.9 Å². The van der Waals surface area contributed by atoms with Crippen molar-refractivity contribution in [3.8, 4) is 11.4 Å². The third kappa shape index (κ3) is 3.44. The number of nitrogens with zero attached hydrogens (tertiary/aromatic N) is 2. The van der Waals surface area contributed by atoms with Crippen LogP contribution in [0.3, 0.4) is 0 Å². The van der Waals surface area contributed by atoms with E-state index in [4.69, 9.17) is 4.74 Å². The molecule has 1 amide bonds. The van der Waals surface area contributed by atoms with Crippen LogP contribution in [0, 0.1) is 0 Å². The fraction of sp³-hybridized carbons (Fsp3) is 0.118. The van der Waals surface area contributed by atoms with Gasteiger partial charge >= 0.3 is 0 Å². The highest BCUT2D eigenvalue weighted by atomic mass is 16.5. The Balaban J connectivity index is 1.78. The van der Waals surface area contributed by atoms with Gasteiger partial charge in [0.05, 0.1) is 0 Å². The zero-order valence-electron chi connectivity index (χ0n) is 12.6. The van der Waals surface area contributed by atoms with Gasteiger partial charge in [-0.05, 0) is 17.7 Å². The monoisotopic (exact) mass is 308 g/mol. The Morgan fingerprint density at radius 3 is 2.70 bits per heavy atom. The maximum absolute atomic E-state index is 12.5. The Labute approximate surface area is 133 Å². The molecule has 0 fully saturated rings. The summed E-state index contributed by atoms with van der Waals surface area (Å²) in [5.74, 6) is 0.417. The molecule has 0 unspecified atom stereocenters. The highest BCUT2D eigenvalue weighted by Crippen LogP contribution is 2.22. The summed E-state index contributed by atoms with van der Waals surface area (Å²) in [4.78, 5) is 16.6. The van der Waals surface area contributed by atoms with Gasteiger partial charge in [0, 0.05) is 18.4 Å². The van der Waals surface area contributed by atoms with Gasteiger partial charge in [0.2, 0.25) is 0 Å². The number of rotatable bonds is 5. The van der Waals surface area contributed by atoms with E-state index in [2.05, 4.69) is 20.5 Å². The molecule has 0 bridgehead atoms. The van der Waals surface area contributed by atoms with E-state index in [1.54, 1.807) is 0 Å². The molecule has 3 aromatic rings. The number of methoxy groups -OCH3 is 1. The SMILES string of the molecule is CO[C@H](C(=O)Nc1cccc(-c2ncn[nH]2)c1)c1ccccc1. The molecule has 0 spiro atoms. The van der Waals surface area contributed by atoms with Gasteiger partial charge in [-0.2, -0.15) is 5.10 Å². The van der Waals surface area contributed by atoms with Crippen molar-refractivity contribution >= 4 is 11.6 Å². The number of anilines is 1. The lowest BCUT2D eigenvalue weighted by Gasteiger charge is -2.16. The number of amides is 1. The van der Waals surface area contributed by atoms with E-state index in [0.29, 0.717) is 11.5 Å². The molecule has 6 heteroatoms. The smallest absolute Gasteiger partial charge is 0.258 e. The topological polar surface area (TPSA) is 79.9 Å². The Bertz CT molecular complexity index is 772. The minimum absolute atomic E-state index is 0.228. The molecule has 0 aliphatic carbocycles. The molecule has 6 nitrogen and oxygen atoms in total. The van der Waals surface area contributed by atoms with Gasteiger partial charge in [0.25, 0.3) is 5.91 Å². The fourth-order valence-corrected chi connectivity index (χ4v) is 2.32. The number of carbonyl (C=O) groups excluding carboxylic acids is 1. The standard InChI is InChI=1S/C17H16N4O2/c1-23-15(12-6-3-2-4-7-12)17(22)20-14-9-5-8-13(10-14)16-18-11-19-21-16/h2-11,15H,1H3,(H,20,22)(H,18,19,21)/t15-/m0/s1. The first-order valence-electron chi connectivity index (χ1n) is 7.12. The zero-order chi connectivity index (χ0) is 16.1. The van der Waals surface area contributed by atoms with Gasteiger partial charge < -0.3 is 10.1 Å². The lowest BCUT2D eigenvalue weighted by atomic mass is 10.1. The normalized spacial score (nSPS) is 11.9. The van der Waals surface area contributed by atoms with Crippen molar-refractivity contribution < 1.29 is 9.53 Å². The van der Waals surface area contributed by atoms with Gasteiger partial charge in [-0.25, -0.2) is 4.98 Å². The van der Waals surface area contributed by atoms with Crippen molar-refractivity contribution in [3.63, 3.8) is 0 Å². The average Bonchev–Trinajstić information content (AvgIpc) is 3.11. The number of benzene rings is 2. The number of aromatic nitrogens is 3. The van der Waals surface area contributed by atoms with E-state index in [0.717, 1.165) is 11.1 Å². The summed E-state index contributed by atoms with van der Waals surface area (Å²) >= 11 is 0. The maximum atomic E-state index is 12.5. The van der Waals surface area contributed by atoms with Gasteiger partial charge in [-0.15, -0.1) is 0 Å². The maximum Gasteiger partial charge on any atom is 0.258 e. The Morgan fingerprint density at radius 2 is 2.00 bits per heavy atom. The lowest BCUT2D eigenvalue weighted by molar-refractivity contribution is -0.126. The summed E-state index contributed by atoms with van der Waals surface area (Å²) in [5.41, 5.74) is 2.31. The Hall–Kier alpha value is -2.99. The predicted molar refractivity (Wildman–Crippen MR) is 86.6 cm³/mol. The zero-order valence-corrected chi connectivity index (χ0v) is 12.6. The number of hydrogen-bond donors (Lipinski definition) is 2. The van der Waals surface area contributed by atoms with Crippen LogP contribution in [0.5, 0.6) is 0 Å². The third-order valence-corrected chi connectivity index (χ3v) is 3.39. The third-order valence-electron chi connectivity index (χ3n) is 3.39. The lowest BCUT2D eigenvalue weighted by Crippen LogP contribution is -2.22. The van der Waals surface area contributed by atoms with Crippen LogP contribution in [0.2, 0.25) is 0 Å². The van der Waals surface area contributed by atoms with Crippen molar-refractivity contribution in [1.82, 2.24) is 15.2 Å². The van der Waals surface area contributed by atoms with Gasteiger partial charge in [0.1, 0.15) is 6.33 Å². The molecule has 116 valence electrons. The highest BCUT2D eigenvalue weighted by Gasteiger charge is 2.20. The number of ether oxygens (including phenoxy) is 1. The molecule has 1 heterocycles. The van der Waals surface area contributed by atoms with Gasteiger partial charge in [-0.3, -0.25) is 9.89 Å². The predicted octanol–water partition coefficient (Wildman–Crippen LogP) is 2.80. The number of aromatic amines is 1. The molecular formula is C17H16N4O2. The van der Waals surface area contributed by atoms with Crippen LogP contribution >= 0.6 is 0 Å². The van der Waals surface area contributed by atoms with E-state index < -0.39 is 6.10 Å². The van der Waals surface area contributed by atoms with Crippen molar-refractivity contribution in [1.29, 1.82) is 0 Å². The van der Waals surface area contributed by atoms with Crippen LogP contribution in [-0.2, 0) is 9.53 Å². The molecule has 1 atom stereocenters. The van der Waals surface area contributed by atoms with Crippen molar-refractivity contribution in [2.75, 3.05) is 12.4 Å². The molecule has 2 N–H and O–H groups in total. The minimum atomic E-state index is -0.662. The second kappa shape index (κ2) is 6.85. The van der Waals surface area contributed by atoms with E-state index in [-0.39, 0.29) is 5.91 Å². The van der Waals surface area contributed by atoms with Crippen LogP contribution in [0.1, 0.15) is 11.7 Å². The minimum Gasteiger partial charge on any atom is -0.367 e. The van der Waals surface area contributed by atoms with Crippen molar-refractivity contribution in [2.45, 2.75) is 6.10 Å². The van der Waals surface area contributed by atoms with E-state index in [9.17, 15) is 4.79 Å². The molecule has 0 saturated carbocycles. The highest BCUT2D eigenvalue weighted by molar-refractivity contribution is 5.95. The van der Waals surface area contributed by atoms with Crippen molar-refractivity contribution in [2.24, 2.45) is 0 Å². The molecule has 2 aromatic carbocycles. The number of nitrogens with one attached hydrogen (secondary N) is 2. The Kier molecular flexibility index (Phi) is 4.44. The van der Waals surface area contributed by atoms with Crippen LogP contribution in [0.25, 0.3) is 11.4 Å². The summed E-state index contributed by atoms with van der Waals surface area (Å²) in [6, 6.07) is 16.7. The second-order valence-corrected chi connectivity index (χ2v) is 4.93. The molecular weight excluding hydrogens is 292 g/mol. The van der Waals surface area contributed by atoms with E-state index in [1.165, 1.54) is 13.4 Å². The first-order chi connectivity index (χ1) is 11.3. The van der Waals surface area contributed by atoms with Crippen molar-refractivity contribution in [3.05, 3.63) is 66.5 Å². The van der Waals surface area contributed by atoms with E-state index >= 15 is 0 Å². The second-order valence-electron chi connectivity index (χ2n) is 4.93. The molecule has 0 saturated heterocycles. The molecule has 0 aliphatic heterocycles. The summed E-state index contributed by atoms with van der Waals surface area (Å²) in [6.07, 6.45) is 0.780. The molecule has 0 aliphatic rings. The van der Waals surface area contributed by atoms with E-state index in [1.807, 2.05) is 54.6 Å². The quantitative estimate of drug-likeness (QED) is 0.759. The van der Waals surface area contributed by atoms with Crippen LogP contribution in [0.4, 0.5) is 5.69 Å². The average molecular weight is 308 g/mol. The van der Waals surface area contributed by atoms with Crippen LogP contribution < -0.4 is 5.32 Å². The fourth-order valence-electron chi connectivity index (χ4n) is 2.32. The molecule has 23 heavy (non-hydrogen) atoms. The number of hydrogen-bond acceptors (Lipinski definition) is 4. The number of H-pyrrole nitrogens is 1. The Morgan fingerprint density at radius 1 is 1.17 bits per heavy atom. The molecule has 1 aromatic heterocycles. The van der Waals surface area contributed by atoms with Crippen LogP contribution in [-0.4, -0.2) is 28.2 Å². The summed E-state index contributed by atoms with van der Waals surface area (Å²) in [5, 5.41) is 9.49. The first-order valence-corrected chi connectivity index (χ1v) is 7.12. The largest absolute Gasteiger partial charge is 0.367 e. The number of carbonyl (C=O) groups is 1. The first kappa shape index (κ1) is 14.9. The van der Waals surface area contributed by atoms with Gasteiger partial charge in [0.15, 0.2) is 11.9 Å². The summed E-state index contributed by atoms with van der Waals surface area (Å²) in [7, 11) is 1.52. The summed E-state index contributed by atoms with van der Waals surface area (Å²) in [6.45, 7) is 0. The van der Waals surface area contributed by atoms with Gasteiger partial charge in [-0.1, -0.05) is 42.5 Å². The molecule has 0 radical (unpaired) electrons.